The zero-order valence-electron chi connectivity index (χ0n) is 8.61. The maximum absolute atomic E-state index is 11.2. The summed E-state index contributed by atoms with van der Waals surface area (Å²) in [6.45, 7) is 0. The average Bonchev–Trinajstić information content (AvgIpc) is 2.75. The molecule has 4 nitrogen and oxygen atoms in total. The summed E-state index contributed by atoms with van der Waals surface area (Å²) in [6, 6.07) is 7.09. The Labute approximate surface area is 97.3 Å². The van der Waals surface area contributed by atoms with Gasteiger partial charge < -0.3 is 14.7 Å². The van der Waals surface area contributed by atoms with Crippen molar-refractivity contribution >= 4 is 18.2 Å². The largest absolute Gasteiger partial charge is 0.465 e. The van der Waals surface area contributed by atoms with Gasteiger partial charge in [-0.2, -0.15) is 0 Å². The predicted octanol–water partition coefficient (Wildman–Crippen LogP) is 2.53. The van der Waals surface area contributed by atoms with Gasteiger partial charge in [0, 0.05) is 6.20 Å². The molecule has 16 heavy (non-hydrogen) atoms. The second-order valence-electron chi connectivity index (χ2n) is 3.23. The molecule has 5 heteroatoms. The van der Waals surface area contributed by atoms with Crippen LogP contribution in [-0.2, 0) is 4.74 Å². The second-order valence-corrected chi connectivity index (χ2v) is 3.63. The molecular formula is C11H10N2O2S. The number of carbonyl (C=O) groups excluding carboxylic acids is 1. The lowest BCUT2D eigenvalue weighted by molar-refractivity contribution is 0.0601. The minimum absolute atomic E-state index is 0.339. The van der Waals surface area contributed by atoms with Crippen LogP contribution in [0.25, 0.3) is 11.3 Å². The summed E-state index contributed by atoms with van der Waals surface area (Å²) in [5.74, 6) is -0.339. The van der Waals surface area contributed by atoms with E-state index in [1.54, 1.807) is 18.3 Å². The Morgan fingerprint density at radius 2 is 2.00 bits per heavy atom. The molecule has 0 aliphatic rings. The molecule has 1 heterocycles. The SMILES string of the molecule is COC(=O)c1ccc(-c2c[nH]c(=S)[nH]2)cc1. The molecule has 0 unspecified atom stereocenters. The van der Waals surface area contributed by atoms with Crippen molar-refractivity contribution in [2.75, 3.05) is 7.11 Å². The number of esters is 1. The summed E-state index contributed by atoms with van der Waals surface area (Å²) >= 11 is 4.93. The number of nitrogens with one attached hydrogen (secondary N) is 2. The van der Waals surface area contributed by atoms with Crippen LogP contribution in [0.4, 0.5) is 0 Å². The number of methoxy groups -OCH3 is 1. The minimum atomic E-state index is -0.339. The molecule has 0 atom stereocenters. The van der Waals surface area contributed by atoms with E-state index in [9.17, 15) is 4.79 Å². The van der Waals surface area contributed by atoms with Crippen LogP contribution in [0.2, 0.25) is 0 Å². The van der Waals surface area contributed by atoms with Gasteiger partial charge in [0.05, 0.1) is 18.4 Å². The zero-order valence-corrected chi connectivity index (χ0v) is 9.43. The van der Waals surface area contributed by atoms with Crippen molar-refractivity contribution in [3.8, 4) is 11.3 Å². The van der Waals surface area contributed by atoms with Crippen molar-refractivity contribution in [2.45, 2.75) is 0 Å². The van der Waals surface area contributed by atoms with Gasteiger partial charge in [-0.3, -0.25) is 0 Å². The first kappa shape index (κ1) is 10.6. The summed E-state index contributed by atoms with van der Waals surface area (Å²) in [6.07, 6.45) is 1.79. The van der Waals surface area contributed by atoms with E-state index in [0.717, 1.165) is 11.3 Å². The number of ether oxygens (including phenoxy) is 1. The van der Waals surface area contributed by atoms with Gasteiger partial charge in [-0.1, -0.05) is 12.1 Å². The van der Waals surface area contributed by atoms with Crippen molar-refractivity contribution in [1.82, 2.24) is 9.97 Å². The molecule has 2 rings (SSSR count). The molecule has 0 radical (unpaired) electrons. The Balaban J connectivity index is 2.32. The number of carbonyl (C=O) groups is 1. The van der Waals surface area contributed by atoms with Gasteiger partial charge in [-0.15, -0.1) is 0 Å². The van der Waals surface area contributed by atoms with E-state index < -0.39 is 0 Å². The highest BCUT2D eigenvalue weighted by Crippen LogP contribution is 2.17. The Kier molecular flexibility index (Phi) is 2.87. The van der Waals surface area contributed by atoms with Crippen molar-refractivity contribution in [1.29, 1.82) is 0 Å². The van der Waals surface area contributed by atoms with E-state index in [4.69, 9.17) is 12.2 Å². The molecule has 82 valence electrons. The fourth-order valence-electron chi connectivity index (χ4n) is 1.39. The van der Waals surface area contributed by atoms with E-state index in [2.05, 4.69) is 14.7 Å². The van der Waals surface area contributed by atoms with Crippen LogP contribution in [0, 0.1) is 4.77 Å². The van der Waals surface area contributed by atoms with Crippen LogP contribution in [-0.4, -0.2) is 23.0 Å². The standard InChI is InChI=1S/C11H10N2O2S/c1-15-10(14)8-4-2-7(3-5-8)9-6-12-11(16)13-9/h2-6H,1H3,(H2,12,13,16). The number of hydrogen-bond donors (Lipinski definition) is 2. The molecule has 0 aliphatic carbocycles. The summed E-state index contributed by atoms with van der Waals surface area (Å²) in [4.78, 5) is 17.1. The first-order valence-electron chi connectivity index (χ1n) is 4.67. The molecule has 0 saturated heterocycles. The first-order chi connectivity index (χ1) is 7.70. The highest BCUT2D eigenvalue weighted by atomic mass is 32.1. The van der Waals surface area contributed by atoms with Crippen molar-refractivity contribution in [3.05, 3.63) is 40.8 Å². The van der Waals surface area contributed by atoms with Crippen molar-refractivity contribution < 1.29 is 9.53 Å². The van der Waals surface area contributed by atoms with E-state index in [1.807, 2.05) is 12.1 Å². The number of hydrogen-bond acceptors (Lipinski definition) is 3. The van der Waals surface area contributed by atoms with Gasteiger partial charge in [0.2, 0.25) is 0 Å². The Morgan fingerprint density at radius 3 is 2.50 bits per heavy atom. The Bertz CT molecular complexity index is 554. The van der Waals surface area contributed by atoms with Crippen LogP contribution in [0.15, 0.2) is 30.5 Å². The molecule has 1 aromatic carbocycles. The first-order valence-corrected chi connectivity index (χ1v) is 5.08. The molecule has 1 aromatic heterocycles. The molecule has 0 fully saturated rings. The number of imidazole rings is 1. The van der Waals surface area contributed by atoms with Crippen LogP contribution >= 0.6 is 12.2 Å². The molecule has 0 aliphatic heterocycles. The van der Waals surface area contributed by atoms with Crippen LogP contribution in [0.5, 0.6) is 0 Å². The molecule has 0 saturated carbocycles. The van der Waals surface area contributed by atoms with Crippen molar-refractivity contribution in [3.63, 3.8) is 0 Å². The Morgan fingerprint density at radius 1 is 1.31 bits per heavy atom. The smallest absolute Gasteiger partial charge is 0.337 e. The fraction of sp³-hybridized carbons (Fsp3) is 0.0909. The van der Waals surface area contributed by atoms with Gasteiger partial charge >= 0.3 is 5.97 Å². The van der Waals surface area contributed by atoms with Crippen molar-refractivity contribution in [2.24, 2.45) is 0 Å². The topological polar surface area (TPSA) is 57.9 Å². The number of benzene rings is 1. The van der Waals surface area contributed by atoms with E-state index in [-0.39, 0.29) is 5.97 Å². The fourth-order valence-corrected chi connectivity index (χ4v) is 1.56. The predicted molar refractivity (Wildman–Crippen MR) is 62.8 cm³/mol. The minimum Gasteiger partial charge on any atom is -0.465 e. The summed E-state index contributed by atoms with van der Waals surface area (Å²) < 4.78 is 5.19. The monoisotopic (exact) mass is 234 g/mol. The third-order valence-electron chi connectivity index (χ3n) is 2.21. The van der Waals surface area contributed by atoms with Gasteiger partial charge in [0.15, 0.2) is 4.77 Å². The zero-order chi connectivity index (χ0) is 11.5. The molecule has 2 N–H and O–H groups in total. The summed E-state index contributed by atoms with van der Waals surface area (Å²) in [5.41, 5.74) is 2.38. The van der Waals surface area contributed by atoms with Gasteiger partial charge in [0.1, 0.15) is 0 Å². The molecule has 0 bridgehead atoms. The third-order valence-corrected chi connectivity index (χ3v) is 2.43. The van der Waals surface area contributed by atoms with E-state index in [0.29, 0.717) is 10.3 Å². The molecule has 0 spiro atoms. The quantitative estimate of drug-likeness (QED) is 0.620. The second kappa shape index (κ2) is 4.32. The normalized spacial score (nSPS) is 10.1. The molecular weight excluding hydrogens is 224 g/mol. The maximum atomic E-state index is 11.2. The van der Waals surface area contributed by atoms with Crippen LogP contribution < -0.4 is 0 Å². The maximum Gasteiger partial charge on any atom is 0.337 e. The summed E-state index contributed by atoms with van der Waals surface area (Å²) in [7, 11) is 1.36. The van der Waals surface area contributed by atoms with Gasteiger partial charge in [0.25, 0.3) is 0 Å². The van der Waals surface area contributed by atoms with Gasteiger partial charge in [-0.05, 0) is 29.9 Å². The lowest BCUT2D eigenvalue weighted by Crippen LogP contribution is -2.00. The lowest BCUT2D eigenvalue weighted by atomic mass is 10.1. The highest BCUT2D eigenvalue weighted by molar-refractivity contribution is 7.71. The van der Waals surface area contributed by atoms with E-state index in [1.165, 1.54) is 7.11 Å². The lowest BCUT2D eigenvalue weighted by Gasteiger charge is -2.00. The molecule has 2 aromatic rings. The van der Waals surface area contributed by atoms with Gasteiger partial charge in [-0.25, -0.2) is 4.79 Å². The number of aromatic nitrogens is 2. The van der Waals surface area contributed by atoms with E-state index >= 15 is 0 Å². The number of rotatable bonds is 2. The van der Waals surface area contributed by atoms with Crippen LogP contribution in [0.1, 0.15) is 10.4 Å². The number of aromatic amines is 2. The number of H-pyrrole nitrogens is 2. The highest BCUT2D eigenvalue weighted by Gasteiger charge is 2.05. The summed E-state index contributed by atoms with van der Waals surface area (Å²) in [5, 5.41) is 0. The third kappa shape index (κ3) is 2.04. The Hall–Kier alpha value is -1.88. The molecule has 0 amide bonds. The van der Waals surface area contributed by atoms with Crippen LogP contribution in [0.3, 0.4) is 0 Å². The average molecular weight is 234 g/mol.